The van der Waals surface area contributed by atoms with Gasteiger partial charge in [-0.25, -0.2) is 0 Å². The molecule has 0 saturated heterocycles. The first kappa shape index (κ1) is 20.7. The third-order valence-electron chi connectivity index (χ3n) is 4.47. The van der Waals surface area contributed by atoms with E-state index in [1.54, 1.807) is 6.08 Å². The summed E-state index contributed by atoms with van der Waals surface area (Å²) in [5.74, 6) is -0.379. The third-order valence-corrected chi connectivity index (χ3v) is 4.47. The van der Waals surface area contributed by atoms with Crippen LogP contribution in [-0.4, -0.2) is 26.0 Å². The van der Waals surface area contributed by atoms with Gasteiger partial charge in [0.05, 0.1) is 25.5 Å². The molecule has 6 heteroatoms. The summed E-state index contributed by atoms with van der Waals surface area (Å²) >= 11 is 0. The van der Waals surface area contributed by atoms with Crippen molar-refractivity contribution in [2.45, 2.75) is 0 Å². The van der Waals surface area contributed by atoms with Gasteiger partial charge in [0.15, 0.2) is 11.5 Å². The van der Waals surface area contributed by atoms with Crippen molar-refractivity contribution in [3.05, 3.63) is 83.9 Å². The lowest BCUT2D eigenvalue weighted by atomic mass is 10.0. The second-order valence-corrected chi connectivity index (χ2v) is 6.43. The highest BCUT2D eigenvalue weighted by Crippen LogP contribution is 2.33. The molecule has 0 heterocycles. The zero-order valence-corrected chi connectivity index (χ0v) is 16.7. The molecule has 3 aromatic rings. The van der Waals surface area contributed by atoms with E-state index in [-0.39, 0.29) is 11.3 Å². The Labute approximate surface area is 174 Å². The Bertz CT molecular complexity index is 1090. The normalized spacial score (nSPS) is 10.6. The Morgan fingerprint density at radius 1 is 0.867 bits per heavy atom. The average molecular weight is 402 g/mol. The number of carbonyl (C=O) groups excluding carboxylic acids is 2. The van der Waals surface area contributed by atoms with Crippen LogP contribution in [0.3, 0.4) is 0 Å². The summed E-state index contributed by atoms with van der Waals surface area (Å²) in [6.07, 6.45) is 3.10. The predicted octanol–water partition coefficient (Wildman–Crippen LogP) is 4.12. The SMILES string of the molecule is COc1cc(NC(=O)/C=C/c2cccc(-c3ccccc3)c2)c(C(N)=O)cc1OC. The molecule has 0 bridgehead atoms. The van der Waals surface area contributed by atoms with Crippen LogP contribution in [0, 0.1) is 0 Å². The maximum atomic E-state index is 12.4. The molecule has 0 saturated carbocycles. The van der Waals surface area contributed by atoms with E-state index in [2.05, 4.69) is 5.32 Å². The summed E-state index contributed by atoms with van der Waals surface area (Å²) in [5.41, 5.74) is 8.82. The van der Waals surface area contributed by atoms with E-state index in [0.29, 0.717) is 11.5 Å². The van der Waals surface area contributed by atoms with Crippen molar-refractivity contribution in [1.82, 2.24) is 0 Å². The molecule has 6 nitrogen and oxygen atoms in total. The fourth-order valence-corrected chi connectivity index (χ4v) is 2.99. The van der Waals surface area contributed by atoms with Crippen LogP contribution >= 0.6 is 0 Å². The minimum absolute atomic E-state index is 0.125. The van der Waals surface area contributed by atoms with Gasteiger partial charge in [0.2, 0.25) is 5.91 Å². The van der Waals surface area contributed by atoms with Crippen LogP contribution in [0.4, 0.5) is 5.69 Å². The highest BCUT2D eigenvalue weighted by atomic mass is 16.5. The van der Waals surface area contributed by atoms with Gasteiger partial charge < -0.3 is 20.5 Å². The van der Waals surface area contributed by atoms with Gasteiger partial charge in [-0.15, -0.1) is 0 Å². The molecule has 0 radical (unpaired) electrons. The molecule has 0 aliphatic carbocycles. The Kier molecular flexibility index (Phi) is 6.49. The number of nitrogens with two attached hydrogens (primary N) is 1. The minimum atomic E-state index is -0.689. The van der Waals surface area contributed by atoms with Gasteiger partial charge in [-0.1, -0.05) is 48.5 Å². The van der Waals surface area contributed by atoms with Crippen LogP contribution in [0.2, 0.25) is 0 Å². The number of methoxy groups -OCH3 is 2. The fourth-order valence-electron chi connectivity index (χ4n) is 2.99. The number of carbonyl (C=O) groups is 2. The number of primary amides is 1. The average Bonchev–Trinajstić information content (AvgIpc) is 2.78. The molecular weight excluding hydrogens is 380 g/mol. The third kappa shape index (κ3) is 4.86. The van der Waals surface area contributed by atoms with E-state index < -0.39 is 11.8 Å². The lowest BCUT2D eigenvalue weighted by Gasteiger charge is -2.13. The molecule has 0 fully saturated rings. The molecule has 30 heavy (non-hydrogen) atoms. The molecule has 0 aliphatic rings. The molecule has 3 N–H and O–H groups in total. The van der Waals surface area contributed by atoms with Gasteiger partial charge in [0.25, 0.3) is 5.91 Å². The molecule has 3 aromatic carbocycles. The molecule has 2 amide bonds. The minimum Gasteiger partial charge on any atom is -0.493 e. The van der Waals surface area contributed by atoms with Crippen molar-refractivity contribution in [2.24, 2.45) is 5.73 Å². The van der Waals surface area contributed by atoms with E-state index in [1.165, 1.54) is 32.4 Å². The maximum absolute atomic E-state index is 12.4. The topological polar surface area (TPSA) is 90.6 Å². The first-order valence-electron chi connectivity index (χ1n) is 9.22. The Balaban J connectivity index is 1.81. The maximum Gasteiger partial charge on any atom is 0.250 e. The number of benzene rings is 3. The van der Waals surface area contributed by atoms with Crippen LogP contribution in [0.15, 0.2) is 72.8 Å². The molecule has 0 aromatic heterocycles. The van der Waals surface area contributed by atoms with E-state index in [9.17, 15) is 9.59 Å². The zero-order chi connectivity index (χ0) is 21.5. The predicted molar refractivity (Wildman–Crippen MR) is 118 cm³/mol. The van der Waals surface area contributed by atoms with Crippen LogP contribution in [0.25, 0.3) is 17.2 Å². The number of hydrogen-bond donors (Lipinski definition) is 2. The Morgan fingerprint density at radius 2 is 1.53 bits per heavy atom. The molecular formula is C24H22N2O4. The van der Waals surface area contributed by atoms with Crippen LogP contribution in [-0.2, 0) is 4.79 Å². The van der Waals surface area contributed by atoms with Crippen molar-refractivity contribution in [2.75, 3.05) is 19.5 Å². The largest absolute Gasteiger partial charge is 0.493 e. The highest BCUT2D eigenvalue weighted by Gasteiger charge is 2.16. The smallest absolute Gasteiger partial charge is 0.250 e. The summed E-state index contributed by atoms with van der Waals surface area (Å²) in [7, 11) is 2.92. The lowest BCUT2D eigenvalue weighted by molar-refractivity contribution is -0.111. The van der Waals surface area contributed by atoms with Crippen molar-refractivity contribution in [1.29, 1.82) is 0 Å². The van der Waals surface area contributed by atoms with Gasteiger partial charge in [-0.05, 0) is 34.9 Å². The van der Waals surface area contributed by atoms with Gasteiger partial charge in [-0.3, -0.25) is 9.59 Å². The van der Waals surface area contributed by atoms with Gasteiger partial charge in [0.1, 0.15) is 0 Å². The van der Waals surface area contributed by atoms with Gasteiger partial charge in [0, 0.05) is 12.1 Å². The van der Waals surface area contributed by atoms with E-state index in [4.69, 9.17) is 15.2 Å². The first-order chi connectivity index (χ1) is 14.5. The second-order valence-electron chi connectivity index (χ2n) is 6.43. The van der Waals surface area contributed by atoms with Crippen molar-refractivity contribution >= 4 is 23.6 Å². The number of hydrogen-bond acceptors (Lipinski definition) is 4. The number of amides is 2. The van der Waals surface area contributed by atoms with E-state index in [0.717, 1.165) is 16.7 Å². The summed E-state index contributed by atoms with van der Waals surface area (Å²) in [6, 6.07) is 20.7. The standard InChI is InChI=1S/C24H22N2O4/c1-29-21-14-19(24(25)28)20(15-22(21)30-2)26-23(27)12-11-16-7-6-10-18(13-16)17-8-4-3-5-9-17/h3-15H,1-2H3,(H2,25,28)(H,26,27)/b12-11+. The van der Waals surface area contributed by atoms with E-state index in [1.807, 2.05) is 54.6 Å². The number of nitrogens with one attached hydrogen (secondary N) is 1. The molecule has 152 valence electrons. The quantitative estimate of drug-likeness (QED) is 0.582. The van der Waals surface area contributed by atoms with Crippen molar-refractivity contribution in [3.8, 4) is 22.6 Å². The summed E-state index contributed by atoms with van der Waals surface area (Å²) in [6.45, 7) is 0. The molecule has 0 spiro atoms. The summed E-state index contributed by atoms with van der Waals surface area (Å²) in [4.78, 5) is 24.2. The van der Waals surface area contributed by atoms with Crippen LogP contribution in [0.1, 0.15) is 15.9 Å². The molecule has 0 atom stereocenters. The molecule has 3 rings (SSSR count). The molecule has 0 unspecified atom stereocenters. The van der Waals surface area contributed by atoms with Gasteiger partial charge >= 0.3 is 0 Å². The van der Waals surface area contributed by atoms with Crippen LogP contribution < -0.4 is 20.5 Å². The second kappa shape index (κ2) is 9.43. The van der Waals surface area contributed by atoms with Crippen LogP contribution in [0.5, 0.6) is 11.5 Å². The van der Waals surface area contributed by atoms with Crippen molar-refractivity contribution < 1.29 is 19.1 Å². The summed E-state index contributed by atoms with van der Waals surface area (Å²) in [5, 5.41) is 2.67. The molecule has 0 aliphatic heterocycles. The Morgan fingerprint density at radius 3 is 2.20 bits per heavy atom. The lowest BCUT2D eigenvalue weighted by Crippen LogP contribution is -2.17. The first-order valence-corrected chi connectivity index (χ1v) is 9.22. The number of ether oxygens (including phenoxy) is 2. The highest BCUT2D eigenvalue weighted by molar-refractivity contribution is 6.07. The number of anilines is 1. The Hall–Kier alpha value is -4.06. The van der Waals surface area contributed by atoms with Crippen molar-refractivity contribution in [3.63, 3.8) is 0 Å². The zero-order valence-electron chi connectivity index (χ0n) is 16.7. The summed E-state index contributed by atoms with van der Waals surface area (Å²) < 4.78 is 10.4. The van der Waals surface area contributed by atoms with E-state index >= 15 is 0 Å². The van der Waals surface area contributed by atoms with Gasteiger partial charge in [-0.2, -0.15) is 0 Å². The fraction of sp³-hybridized carbons (Fsp3) is 0.0833. The monoisotopic (exact) mass is 402 g/mol. The number of rotatable bonds is 7.